The van der Waals surface area contributed by atoms with Gasteiger partial charge in [0.05, 0.1) is 56.2 Å². The maximum atomic E-state index is 5.04. The summed E-state index contributed by atoms with van der Waals surface area (Å²) in [6.45, 7) is 0. The minimum Gasteiger partial charge on any atom is -0.354 e. The van der Waals surface area contributed by atoms with Crippen molar-refractivity contribution >= 4 is 81.3 Å². The van der Waals surface area contributed by atoms with Gasteiger partial charge in [-0.15, -0.1) is 0 Å². The van der Waals surface area contributed by atoms with Gasteiger partial charge in [-0.3, -0.25) is 29.5 Å². The predicted molar refractivity (Wildman–Crippen MR) is 328 cm³/mol. The summed E-state index contributed by atoms with van der Waals surface area (Å²) in [5.41, 5.74) is 14.1. The number of rotatable bonds is 7. The number of pyridine rings is 8. The smallest absolute Gasteiger partial charge is 0.138 e. The normalized spacial score (nSPS) is 11.3. The highest BCUT2D eigenvalue weighted by molar-refractivity contribution is 9.10. The first-order valence-electron chi connectivity index (χ1n) is 26.3. The zero-order valence-corrected chi connectivity index (χ0v) is 44.8. The lowest BCUT2D eigenvalue weighted by atomic mass is 10.1. The van der Waals surface area contributed by atoms with E-state index in [4.69, 9.17) is 15.0 Å². The quantitative estimate of drug-likeness (QED) is 0.167. The van der Waals surface area contributed by atoms with Crippen LogP contribution in [0.4, 0.5) is 0 Å². The molecule has 12 heterocycles. The summed E-state index contributed by atoms with van der Waals surface area (Å²) < 4.78 is 7.53. The van der Waals surface area contributed by atoms with Gasteiger partial charge in [0.2, 0.25) is 0 Å². The molecule has 0 aliphatic heterocycles. The molecule has 0 atom stereocenters. The van der Waals surface area contributed by atoms with Crippen LogP contribution in [0.2, 0.25) is 0 Å². The van der Waals surface area contributed by atoms with Gasteiger partial charge in [0.15, 0.2) is 0 Å². The van der Waals surface area contributed by atoms with Crippen LogP contribution in [0.3, 0.4) is 0 Å². The number of hydrogen-bond donors (Lipinski definition) is 1. The largest absolute Gasteiger partial charge is 0.354 e. The van der Waals surface area contributed by atoms with Crippen molar-refractivity contribution in [2.75, 3.05) is 0 Å². The molecule has 0 unspecified atom stereocenters. The molecule has 0 saturated carbocycles. The summed E-state index contributed by atoms with van der Waals surface area (Å²) in [4.78, 5) is 39.8. The highest BCUT2D eigenvalue weighted by Crippen LogP contribution is 2.39. The first-order chi connectivity index (χ1) is 40.1. The number of aromatic amines is 1. The fourth-order valence-electron chi connectivity index (χ4n) is 10.6. The van der Waals surface area contributed by atoms with E-state index < -0.39 is 0 Å². The Balaban J connectivity index is 0.000000124. The Morgan fingerprint density at radius 3 is 1.48 bits per heavy atom. The first kappa shape index (κ1) is 48.6. The van der Waals surface area contributed by atoms with Crippen LogP contribution in [0.25, 0.3) is 128 Å². The summed E-state index contributed by atoms with van der Waals surface area (Å²) in [6.07, 6.45) is 16.8. The maximum absolute atomic E-state index is 5.04. The second-order valence-electron chi connectivity index (χ2n) is 19.1. The molecular weight excluding hydrogens is 1060 g/mol. The van der Waals surface area contributed by atoms with Crippen molar-refractivity contribution in [3.63, 3.8) is 0 Å². The van der Waals surface area contributed by atoms with Gasteiger partial charge in [-0.25, -0.2) is 15.0 Å². The number of fused-ring (bicyclic) bond motifs is 10. The predicted octanol–water partition coefficient (Wildman–Crippen LogP) is 16.3. The average molecular weight is 1110 g/mol. The van der Waals surface area contributed by atoms with E-state index >= 15 is 0 Å². The van der Waals surface area contributed by atoms with E-state index in [0.29, 0.717) is 0 Å². The molecule has 12 nitrogen and oxygen atoms in total. The zero-order valence-electron chi connectivity index (χ0n) is 43.2. The Hall–Kier alpha value is -10.8. The maximum Gasteiger partial charge on any atom is 0.138 e. The van der Waals surface area contributed by atoms with Crippen molar-refractivity contribution in [3.05, 3.63) is 273 Å². The van der Waals surface area contributed by atoms with Crippen LogP contribution in [-0.4, -0.2) is 58.6 Å². The molecule has 384 valence electrons. The molecule has 0 bridgehead atoms. The summed E-state index contributed by atoms with van der Waals surface area (Å²) in [5.74, 6) is 2.62. The Labute approximate surface area is 472 Å². The van der Waals surface area contributed by atoms with Crippen LogP contribution in [0.15, 0.2) is 273 Å². The standard InChI is InChI=1S/C34H22N6.C24H16N4.C10H7BrN2/c1-2-13-30-24(9-1)34-25-18-21-39(32-14-5-11-26(37-32)23-8-7-19-35-22-23)29(25)16-17-31(34)40(30)33-15-6-12-28(38-33)27-10-3-4-20-36-27;1-2-7-20-17(6-1)24-18-12-14-28(22(18)11-10-21(24)26-20)23-9-3-8-19(27-23)16-5-4-13-25-15-16;11-8-4-5-10(13-7-8)9-3-1-2-6-12-9/h1-22H;1-15,26H;1-7H. The molecule has 0 fully saturated rings. The number of hydrogen-bond acceptors (Lipinski definition) is 8. The molecule has 4 aromatic carbocycles. The van der Waals surface area contributed by atoms with E-state index in [1.54, 1.807) is 31.0 Å². The molecule has 0 amide bonds. The highest BCUT2D eigenvalue weighted by Gasteiger charge is 2.19. The Morgan fingerprint density at radius 1 is 0.321 bits per heavy atom. The SMILES string of the molecule is Brc1ccc(-c2ccccn2)nc1.c1ccc(-c2cccc(-n3c4ccccc4c4c5ccn(-c6cccc(-c7cccnc7)n6)c5ccc43)n2)nc1.c1cncc(-c2cccc(-n3ccc4c5c(ccc43)[nH]c3ccccc35)n2)c1. The van der Waals surface area contributed by atoms with Crippen LogP contribution in [0.1, 0.15) is 0 Å². The number of nitrogens with one attached hydrogen (secondary N) is 1. The minimum atomic E-state index is 0.843. The van der Waals surface area contributed by atoms with E-state index in [2.05, 4.69) is 163 Å². The van der Waals surface area contributed by atoms with E-state index in [1.807, 2.05) is 134 Å². The Morgan fingerprint density at radius 2 is 0.852 bits per heavy atom. The first-order valence-corrected chi connectivity index (χ1v) is 27.1. The van der Waals surface area contributed by atoms with Gasteiger partial charge < -0.3 is 14.1 Å². The van der Waals surface area contributed by atoms with Crippen LogP contribution in [0, 0.1) is 0 Å². The number of H-pyrrole nitrogens is 1. The third-order valence-corrected chi connectivity index (χ3v) is 14.7. The topological polar surface area (TPSA) is 134 Å². The number of halogens is 1. The van der Waals surface area contributed by atoms with E-state index in [9.17, 15) is 0 Å². The molecule has 0 aliphatic carbocycles. The molecule has 0 saturated heterocycles. The van der Waals surface area contributed by atoms with E-state index in [0.717, 1.165) is 100 Å². The Bertz CT molecular complexity index is 4880. The van der Waals surface area contributed by atoms with Gasteiger partial charge in [0, 0.05) is 115 Å². The lowest BCUT2D eigenvalue weighted by molar-refractivity contribution is 1.05. The second-order valence-corrected chi connectivity index (χ2v) is 20.0. The van der Waals surface area contributed by atoms with Gasteiger partial charge in [-0.1, -0.05) is 66.7 Å². The third kappa shape index (κ3) is 9.32. The summed E-state index contributed by atoms with van der Waals surface area (Å²) >= 11 is 3.34. The van der Waals surface area contributed by atoms with Crippen molar-refractivity contribution in [1.29, 1.82) is 0 Å². The molecule has 13 heteroatoms. The van der Waals surface area contributed by atoms with E-state index in [-0.39, 0.29) is 0 Å². The number of aromatic nitrogens is 12. The Kier molecular flexibility index (Phi) is 12.7. The van der Waals surface area contributed by atoms with Crippen molar-refractivity contribution < 1.29 is 0 Å². The monoisotopic (exact) mass is 1110 g/mol. The number of benzene rings is 4. The average Bonchev–Trinajstić information content (AvgIpc) is 3.48. The van der Waals surface area contributed by atoms with Gasteiger partial charge >= 0.3 is 0 Å². The lowest BCUT2D eigenvalue weighted by Gasteiger charge is -2.10. The fourth-order valence-corrected chi connectivity index (χ4v) is 10.8. The molecule has 0 spiro atoms. The number of nitrogens with zero attached hydrogens (tertiary/aromatic N) is 11. The summed E-state index contributed by atoms with van der Waals surface area (Å²) in [6, 6.07) is 71.8. The van der Waals surface area contributed by atoms with Gasteiger partial charge in [0.25, 0.3) is 0 Å². The minimum absolute atomic E-state index is 0.843. The van der Waals surface area contributed by atoms with Crippen molar-refractivity contribution in [2.45, 2.75) is 0 Å². The molecule has 0 radical (unpaired) electrons. The van der Waals surface area contributed by atoms with Gasteiger partial charge in [0.1, 0.15) is 17.5 Å². The fraction of sp³-hybridized carbons (Fsp3) is 0. The molecular formula is C68H45BrN12. The van der Waals surface area contributed by atoms with Crippen LogP contribution >= 0.6 is 15.9 Å². The molecule has 16 aromatic rings. The van der Waals surface area contributed by atoms with Crippen molar-refractivity contribution in [3.8, 4) is 62.7 Å². The summed E-state index contributed by atoms with van der Waals surface area (Å²) in [5, 5.41) is 7.28. The molecule has 1 N–H and O–H groups in total. The van der Waals surface area contributed by atoms with Gasteiger partial charge in [-0.05, 0) is 162 Å². The zero-order chi connectivity index (χ0) is 54.1. The second kappa shape index (κ2) is 21.2. The van der Waals surface area contributed by atoms with Crippen LogP contribution in [-0.2, 0) is 0 Å². The van der Waals surface area contributed by atoms with E-state index in [1.165, 1.54) is 32.3 Å². The highest BCUT2D eigenvalue weighted by atomic mass is 79.9. The van der Waals surface area contributed by atoms with Crippen molar-refractivity contribution in [2.24, 2.45) is 0 Å². The molecule has 0 aliphatic rings. The van der Waals surface area contributed by atoms with Crippen LogP contribution < -0.4 is 0 Å². The molecule has 16 rings (SSSR count). The number of para-hydroxylation sites is 2. The lowest BCUT2D eigenvalue weighted by Crippen LogP contribution is -1.99. The van der Waals surface area contributed by atoms with Gasteiger partial charge in [-0.2, -0.15) is 0 Å². The molecule has 12 aromatic heterocycles. The molecule has 81 heavy (non-hydrogen) atoms. The van der Waals surface area contributed by atoms with Crippen molar-refractivity contribution in [1.82, 2.24) is 58.6 Å². The summed E-state index contributed by atoms with van der Waals surface area (Å²) in [7, 11) is 0. The third-order valence-electron chi connectivity index (χ3n) is 14.3. The van der Waals surface area contributed by atoms with Crippen LogP contribution in [0.5, 0.6) is 0 Å².